The molecule has 2 rings (SSSR count). The zero-order valence-corrected chi connectivity index (χ0v) is 17.1. The highest BCUT2D eigenvalue weighted by Gasteiger charge is 2.30. The van der Waals surface area contributed by atoms with Crippen LogP contribution in [0.3, 0.4) is 0 Å². The smallest absolute Gasteiger partial charge is 0.373 e. The summed E-state index contributed by atoms with van der Waals surface area (Å²) < 4.78 is 11.6. The summed E-state index contributed by atoms with van der Waals surface area (Å²) in [4.78, 5) is 22.6. The first kappa shape index (κ1) is 23.0. The van der Waals surface area contributed by atoms with E-state index in [2.05, 4.69) is 5.32 Å². The van der Waals surface area contributed by atoms with Crippen LogP contribution in [0, 0.1) is 5.92 Å². The fraction of sp³-hybridized carbons (Fsp3) is 0.455. The number of aliphatic carboxylic acids is 1. The molecule has 2 aromatic rings. The number of ketones is 1. The molecule has 0 aromatic heterocycles. The van der Waals surface area contributed by atoms with Crippen molar-refractivity contribution in [3.05, 3.63) is 48.0 Å². The second-order valence-electron chi connectivity index (χ2n) is 6.87. The Labute approximate surface area is 171 Å². The summed E-state index contributed by atoms with van der Waals surface area (Å²) in [5.41, 5.74) is 6.80. The van der Waals surface area contributed by atoms with Crippen LogP contribution in [0.5, 0.6) is 0 Å². The number of nitrogens with one attached hydrogen (secondary N) is 1. The van der Waals surface area contributed by atoms with Crippen molar-refractivity contribution in [2.75, 3.05) is 19.8 Å². The zero-order chi connectivity index (χ0) is 21.4. The highest BCUT2D eigenvalue weighted by atomic mass is 16.7. The Kier molecular flexibility index (Phi) is 8.72. The van der Waals surface area contributed by atoms with Crippen molar-refractivity contribution in [2.45, 2.75) is 39.1 Å². The number of ether oxygens (including phenoxy) is 2. The Morgan fingerprint density at radius 1 is 1.07 bits per heavy atom. The molecule has 7 nitrogen and oxygen atoms in total. The Bertz CT molecular complexity index is 814. The molecule has 4 N–H and O–H groups in total. The van der Waals surface area contributed by atoms with E-state index in [4.69, 9.17) is 20.3 Å². The van der Waals surface area contributed by atoms with Crippen molar-refractivity contribution < 1.29 is 24.2 Å². The van der Waals surface area contributed by atoms with Gasteiger partial charge in [-0.3, -0.25) is 4.79 Å². The van der Waals surface area contributed by atoms with E-state index < -0.39 is 24.1 Å². The molecule has 0 aliphatic rings. The van der Waals surface area contributed by atoms with Gasteiger partial charge in [0.15, 0.2) is 6.29 Å². The van der Waals surface area contributed by atoms with Crippen LogP contribution >= 0.6 is 0 Å². The maximum absolute atomic E-state index is 11.7. The van der Waals surface area contributed by atoms with Gasteiger partial charge in [0.2, 0.25) is 0 Å². The van der Waals surface area contributed by atoms with Gasteiger partial charge in [-0.1, -0.05) is 49.4 Å². The first-order chi connectivity index (χ1) is 13.9. The van der Waals surface area contributed by atoms with Crippen LogP contribution in [0.25, 0.3) is 10.8 Å². The summed E-state index contributed by atoms with van der Waals surface area (Å²) in [7, 11) is 0. The number of carbonyl (C=O) groups excluding carboxylic acids is 1. The Hall–Kier alpha value is -2.32. The summed E-state index contributed by atoms with van der Waals surface area (Å²) in [6, 6.07) is 12.6. The Morgan fingerprint density at radius 3 is 2.31 bits per heavy atom. The molecule has 0 saturated heterocycles. The van der Waals surface area contributed by atoms with Gasteiger partial charge in [0.1, 0.15) is 0 Å². The number of carbonyl (C=O) groups is 2. The van der Waals surface area contributed by atoms with Crippen LogP contribution < -0.4 is 11.1 Å². The van der Waals surface area contributed by atoms with Gasteiger partial charge >= 0.3 is 5.97 Å². The molecule has 0 amide bonds. The summed E-state index contributed by atoms with van der Waals surface area (Å²) in [5, 5.41) is 14.3. The van der Waals surface area contributed by atoms with Crippen molar-refractivity contribution in [2.24, 2.45) is 11.7 Å². The third kappa shape index (κ3) is 5.83. The quantitative estimate of drug-likeness (QED) is 0.369. The molecule has 0 heterocycles. The van der Waals surface area contributed by atoms with Crippen LogP contribution in [0.2, 0.25) is 0 Å². The highest BCUT2D eigenvalue weighted by molar-refractivity contribution is 6.34. The van der Waals surface area contributed by atoms with Crippen LogP contribution in [-0.4, -0.2) is 48.9 Å². The van der Waals surface area contributed by atoms with Crippen molar-refractivity contribution in [1.82, 2.24) is 5.32 Å². The zero-order valence-electron chi connectivity index (χ0n) is 17.1. The van der Waals surface area contributed by atoms with Gasteiger partial charge in [0.25, 0.3) is 5.78 Å². The van der Waals surface area contributed by atoms with E-state index in [1.807, 2.05) is 63.2 Å². The number of benzene rings is 2. The molecule has 158 valence electrons. The average Bonchev–Trinajstić information content (AvgIpc) is 2.72. The van der Waals surface area contributed by atoms with E-state index in [-0.39, 0.29) is 18.5 Å². The van der Waals surface area contributed by atoms with Crippen molar-refractivity contribution in [1.29, 1.82) is 0 Å². The minimum Gasteiger partial charge on any atom is -0.475 e. The number of fused-ring (bicyclic) bond motifs is 1. The molecule has 0 radical (unpaired) electrons. The summed E-state index contributed by atoms with van der Waals surface area (Å²) >= 11 is 0. The molecule has 29 heavy (non-hydrogen) atoms. The average molecular weight is 402 g/mol. The molecule has 0 bridgehead atoms. The van der Waals surface area contributed by atoms with Gasteiger partial charge in [-0.25, -0.2) is 4.79 Å². The number of rotatable bonds is 12. The van der Waals surface area contributed by atoms with Crippen molar-refractivity contribution in [3.8, 4) is 0 Å². The molecule has 7 heteroatoms. The van der Waals surface area contributed by atoms with E-state index in [9.17, 15) is 9.59 Å². The SMILES string of the molecule is CCOC(OCC)[C@@H](C)C(NCC(N)C(=O)C(=O)O)c1cccc2ccccc12. The summed E-state index contributed by atoms with van der Waals surface area (Å²) in [6.07, 6.45) is -0.465. The van der Waals surface area contributed by atoms with Gasteiger partial charge in [-0.05, 0) is 30.2 Å². The molecular weight excluding hydrogens is 372 g/mol. The molecule has 2 unspecified atom stereocenters. The minimum atomic E-state index is -1.53. The van der Waals surface area contributed by atoms with Gasteiger partial charge < -0.3 is 25.6 Å². The molecule has 2 aromatic carbocycles. The molecule has 0 spiro atoms. The maximum Gasteiger partial charge on any atom is 0.373 e. The predicted octanol–water partition coefficient (Wildman–Crippen LogP) is 2.49. The standard InChI is InChI=1S/C22H30N2O5/c1-4-28-22(29-5-2)14(3)19(24-13-18(23)20(25)21(26)27)17-12-8-10-15-9-6-7-11-16(15)17/h6-12,14,18-19,22,24H,4-5,13,23H2,1-3H3,(H,26,27)/t14-,18?,19?/m0/s1. The topological polar surface area (TPSA) is 111 Å². The Balaban J connectivity index is 2.38. The third-order valence-corrected chi connectivity index (χ3v) is 4.88. The van der Waals surface area contributed by atoms with Gasteiger partial charge in [-0.15, -0.1) is 0 Å². The second-order valence-corrected chi connectivity index (χ2v) is 6.87. The number of Topliss-reactive ketones (excluding diaryl/α,β-unsaturated/α-hetero) is 1. The number of hydrogen-bond donors (Lipinski definition) is 3. The van der Waals surface area contributed by atoms with Crippen LogP contribution in [0.4, 0.5) is 0 Å². The third-order valence-electron chi connectivity index (χ3n) is 4.88. The Morgan fingerprint density at radius 2 is 1.69 bits per heavy atom. The molecule has 0 fully saturated rings. The molecule has 0 aliphatic heterocycles. The largest absolute Gasteiger partial charge is 0.475 e. The van der Waals surface area contributed by atoms with Gasteiger partial charge in [0, 0.05) is 31.7 Å². The second kappa shape index (κ2) is 11.0. The minimum absolute atomic E-state index is 0.0222. The van der Waals surface area contributed by atoms with Crippen LogP contribution in [-0.2, 0) is 19.1 Å². The van der Waals surface area contributed by atoms with E-state index in [1.54, 1.807) is 0 Å². The van der Waals surface area contributed by atoms with E-state index in [0.717, 1.165) is 16.3 Å². The number of carboxylic acids is 1. The van der Waals surface area contributed by atoms with Crippen molar-refractivity contribution in [3.63, 3.8) is 0 Å². The van der Waals surface area contributed by atoms with E-state index >= 15 is 0 Å². The predicted molar refractivity (Wildman–Crippen MR) is 112 cm³/mol. The lowest BCUT2D eigenvalue weighted by Crippen LogP contribution is -2.47. The van der Waals surface area contributed by atoms with Crippen LogP contribution in [0.15, 0.2) is 42.5 Å². The fourth-order valence-electron chi connectivity index (χ4n) is 3.44. The number of carboxylic acid groups (broad SMARTS) is 1. The molecular formula is C22H30N2O5. The van der Waals surface area contributed by atoms with Gasteiger partial charge in [0.05, 0.1) is 6.04 Å². The first-order valence-electron chi connectivity index (χ1n) is 9.87. The number of nitrogens with two attached hydrogens (primary N) is 1. The van der Waals surface area contributed by atoms with E-state index in [0.29, 0.717) is 13.2 Å². The highest BCUT2D eigenvalue weighted by Crippen LogP contribution is 2.32. The van der Waals surface area contributed by atoms with E-state index in [1.165, 1.54) is 0 Å². The molecule has 0 saturated carbocycles. The maximum atomic E-state index is 11.7. The molecule has 0 aliphatic carbocycles. The first-order valence-corrected chi connectivity index (χ1v) is 9.87. The normalized spacial score (nSPS) is 14.7. The summed E-state index contributed by atoms with van der Waals surface area (Å²) in [5.74, 6) is -2.68. The van der Waals surface area contributed by atoms with Crippen LogP contribution in [0.1, 0.15) is 32.4 Å². The lowest BCUT2D eigenvalue weighted by Gasteiger charge is -2.33. The van der Waals surface area contributed by atoms with Crippen molar-refractivity contribution >= 4 is 22.5 Å². The monoisotopic (exact) mass is 402 g/mol. The van der Waals surface area contributed by atoms with Gasteiger partial charge in [-0.2, -0.15) is 0 Å². The lowest BCUT2D eigenvalue weighted by molar-refractivity contribution is -0.169. The summed E-state index contributed by atoms with van der Waals surface area (Å²) in [6.45, 7) is 6.82. The number of hydrogen-bond acceptors (Lipinski definition) is 6. The molecule has 3 atom stereocenters. The fourth-order valence-corrected chi connectivity index (χ4v) is 3.44. The lowest BCUT2D eigenvalue weighted by atomic mass is 9.89.